The molecular formula is C18H23NO2. The van der Waals surface area contributed by atoms with Crippen molar-refractivity contribution in [1.82, 2.24) is 5.32 Å². The SMILES string of the molecule is C/C=C\c1ccc([C@H]2C[C@H]3CCC(N3)C2C(=O)OC)cc1. The third-order valence-electron chi connectivity index (χ3n) is 4.88. The smallest absolute Gasteiger partial charge is 0.310 e. The number of allylic oxidation sites excluding steroid dienone is 1. The Morgan fingerprint density at radius 1 is 1.29 bits per heavy atom. The van der Waals surface area contributed by atoms with Crippen LogP contribution in [0.4, 0.5) is 0 Å². The molecule has 112 valence electrons. The summed E-state index contributed by atoms with van der Waals surface area (Å²) in [4.78, 5) is 12.2. The van der Waals surface area contributed by atoms with Gasteiger partial charge in [-0.15, -0.1) is 0 Å². The number of fused-ring (bicyclic) bond motifs is 2. The van der Waals surface area contributed by atoms with Gasteiger partial charge in [-0.3, -0.25) is 4.79 Å². The van der Waals surface area contributed by atoms with E-state index in [0.29, 0.717) is 6.04 Å². The number of rotatable bonds is 3. The number of hydrogen-bond donors (Lipinski definition) is 1. The second-order valence-electron chi connectivity index (χ2n) is 6.11. The molecule has 2 unspecified atom stereocenters. The second kappa shape index (κ2) is 6.02. The fraction of sp³-hybridized carbons (Fsp3) is 0.500. The predicted octanol–water partition coefficient (Wildman–Crippen LogP) is 3.12. The molecule has 3 nitrogen and oxygen atoms in total. The fourth-order valence-electron chi connectivity index (χ4n) is 3.91. The van der Waals surface area contributed by atoms with Gasteiger partial charge < -0.3 is 10.1 Å². The molecule has 21 heavy (non-hydrogen) atoms. The molecule has 0 aliphatic carbocycles. The van der Waals surface area contributed by atoms with Crippen molar-refractivity contribution >= 4 is 12.0 Å². The van der Waals surface area contributed by atoms with E-state index in [2.05, 4.69) is 35.7 Å². The summed E-state index contributed by atoms with van der Waals surface area (Å²) in [5.74, 6) is 0.146. The molecule has 4 atom stereocenters. The molecule has 2 aliphatic rings. The summed E-state index contributed by atoms with van der Waals surface area (Å²) in [5.41, 5.74) is 2.46. The molecule has 2 fully saturated rings. The Bertz CT molecular complexity index is 535. The molecule has 1 aromatic rings. The molecule has 2 bridgehead atoms. The number of esters is 1. The third-order valence-corrected chi connectivity index (χ3v) is 4.88. The van der Waals surface area contributed by atoms with Gasteiger partial charge in [0.05, 0.1) is 13.0 Å². The Hall–Kier alpha value is -1.61. The molecule has 3 rings (SSSR count). The van der Waals surface area contributed by atoms with Crippen molar-refractivity contribution in [2.45, 2.75) is 44.2 Å². The van der Waals surface area contributed by atoms with Crippen LogP contribution < -0.4 is 5.32 Å². The number of ether oxygens (including phenoxy) is 1. The lowest BCUT2D eigenvalue weighted by Crippen LogP contribution is -2.48. The highest BCUT2D eigenvalue weighted by Gasteiger charge is 2.46. The van der Waals surface area contributed by atoms with Gasteiger partial charge in [0.25, 0.3) is 0 Å². The van der Waals surface area contributed by atoms with Crippen LogP contribution >= 0.6 is 0 Å². The van der Waals surface area contributed by atoms with Crippen molar-refractivity contribution in [2.75, 3.05) is 7.11 Å². The average Bonchev–Trinajstić information content (AvgIpc) is 2.89. The number of piperidine rings is 1. The molecule has 2 aliphatic heterocycles. The summed E-state index contributed by atoms with van der Waals surface area (Å²) < 4.78 is 5.06. The zero-order valence-electron chi connectivity index (χ0n) is 12.7. The number of methoxy groups -OCH3 is 1. The topological polar surface area (TPSA) is 38.3 Å². The van der Waals surface area contributed by atoms with Crippen LogP contribution in [0.2, 0.25) is 0 Å². The Labute approximate surface area is 126 Å². The fourth-order valence-corrected chi connectivity index (χ4v) is 3.91. The summed E-state index contributed by atoms with van der Waals surface area (Å²) in [6.45, 7) is 2.02. The third kappa shape index (κ3) is 2.75. The zero-order chi connectivity index (χ0) is 14.8. The monoisotopic (exact) mass is 285 g/mol. The largest absolute Gasteiger partial charge is 0.469 e. The van der Waals surface area contributed by atoms with E-state index in [9.17, 15) is 4.79 Å². The van der Waals surface area contributed by atoms with E-state index < -0.39 is 0 Å². The minimum atomic E-state index is -0.0737. The van der Waals surface area contributed by atoms with E-state index in [4.69, 9.17) is 4.74 Å². The highest BCUT2D eigenvalue weighted by atomic mass is 16.5. The number of carbonyl (C=O) groups is 1. The maximum Gasteiger partial charge on any atom is 0.310 e. The molecule has 0 radical (unpaired) electrons. The first-order valence-corrected chi connectivity index (χ1v) is 7.79. The normalized spacial score (nSPS) is 31.5. The van der Waals surface area contributed by atoms with Crippen LogP contribution in [-0.4, -0.2) is 25.2 Å². The van der Waals surface area contributed by atoms with Crippen molar-refractivity contribution < 1.29 is 9.53 Å². The summed E-state index contributed by atoms with van der Waals surface area (Å²) in [7, 11) is 1.50. The predicted molar refractivity (Wildman–Crippen MR) is 84.0 cm³/mol. The van der Waals surface area contributed by atoms with E-state index in [0.717, 1.165) is 12.8 Å². The molecule has 0 spiro atoms. The average molecular weight is 285 g/mol. The van der Waals surface area contributed by atoms with Gasteiger partial charge in [0, 0.05) is 18.0 Å². The van der Waals surface area contributed by atoms with Gasteiger partial charge in [0.15, 0.2) is 0 Å². The van der Waals surface area contributed by atoms with Crippen molar-refractivity contribution in [2.24, 2.45) is 5.92 Å². The Balaban J connectivity index is 1.88. The molecule has 0 saturated carbocycles. The van der Waals surface area contributed by atoms with Gasteiger partial charge in [-0.05, 0) is 37.3 Å². The maximum absolute atomic E-state index is 12.2. The Morgan fingerprint density at radius 2 is 2.05 bits per heavy atom. The lowest BCUT2D eigenvalue weighted by molar-refractivity contribution is -0.148. The van der Waals surface area contributed by atoms with Gasteiger partial charge in [-0.25, -0.2) is 0 Å². The van der Waals surface area contributed by atoms with E-state index in [1.165, 1.54) is 24.7 Å². The van der Waals surface area contributed by atoms with Crippen molar-refractivity contribution in [1.29, 1.82) is 0 Å². The number of benzene rings is 1. The van der Waals surface area contributed by atoms with E-state index in [-0.39, 0.29) is 23.8 Å². The molecule has 1 N–H and O–H groups in total. The standard InChI is InChI=1S/C18H23NO2/c1-3-4-12-5-7-13(8-6-12)15-11-14-9-10-16(19-14)17(15)18(20)21-2/h3-8,14-17,19H,9-11H2,1-2H3/b4-3-/t14-,15-,16?,17?/m1/s1. The minimum absolute atomic E-state index is 0.0543. The summed E-state index contributed by atoms with van der Waals surface area (Å²) >= 11 is 0. The molecule has 2 heterocycles. The molecule has 3 heteroatoms. The quantitative estimate of drug-likeness (QED) is 0.867. The molecule has 1 aromatic carbocycles. The van der Waals surface area contributed by atoms with Crippen LogP contribution in [0.15, 0.2) is 30.3 Å². The number of nitrogens with one attached hydrogen (secondary N) is 1. The zero-order valence-corrected chi connectivity index (χ0v) is 12.7. The van der Waals surface area contributed by atoms with Crippen molar-refractivity contribution in [3.63, 3.8) is 0 Å². The highest BCUT2D eigenvalue weighted by Crippen LogP contribution is 2.42. The lowest BCUT2D eigenvalue weighted by atomic mass is 9.77. The van der Waals surface area contributed by atoms with Crippen LogP contribution in [0.25, 0.3) is 6.08 Å². The van der Waals surface area contributed by atoms with Crippen LogP contribution in [-0.2, 0) is 9.53 Å². The van der Waals surface area contributed by atoms with Crippen molar-refractivity contribution in [3.8, 4) is 0 Å². The molecular weight excluding hydrogens is 262 g/mol. The number of hydrogen-bond acceptors (Lipinski definition) is 3. The lowest BCUT2D eigenvalue weighted by Gasteiger charge is -2.36. The molecule has 2 saturated heterocycles. The first-order valence-electron chi connectivity index (χ1n) is 7.79. The van der Waals surface area contributed by atoms with Gasteiger partial charge in [0.2, 0.25) is 0 Å². The van der Waals surface area contributed by atoms with Gasteiger partial charge in [-0.1, -0.05) is 36.4 Å². The summed E-state index contributed by atoms with van der Waals surface area (Å²) in [6.07, 6.45) is 7.41. The summed E-state index contributed by atoms with van der Waals surface area (Å²) in [5, 5.41) is 3.58. The van der Waals surface area contributed by atoms with Crippen molar-refractivity contribution in [3.05, 3.63) is 41.5 Å². The highest BCUT2D eigenvalue weighted by molar-refractivity contribution is 5.75. The summed E-state index contributed by atoms with van der Waals surface area (Å²) in [6, 6.07) is 9.43. The van der Waals surface area contributed by atoms with Gasteiger partial charge in [0.1, 0.15) is 0 Å². The molecule has 0 amide bonds. The Morgan fingerprint density at radius 3 is 2.71 bits per heavy atom. The minimum Gasteiger partial charge on any atom is -0.469 e. The Kier molecular flexibility index (Phi) is 4.11. The van der Waals surface area contributed by atoms with Gasteiger partial charge >= 0.3 is 5.97 Å². The molecule has 0 aromatic heterocycles. The van der Waals surface area contributed by atoms with E-state index in [1.807, 2.05) is 13.0 Å². The van der Waals surface area contributed by atoms with E-state index >= 15 is 0 Å². The first-order chi connectivity index (χ1) is 10.2. The number of carbonyl (C=O) groups excluding carboxylic acids is 1. The van der Waals surface area contributed by atoms with Crippen LogP contribution in [0.3, 0.4) is 0 Å². The van der Waals surface area contributed by atoms with Crippen LogP contribution in [0.5, 0.6) is 0 Å². The maximum atomic E-state index is 12.2. The van der Waals surface area contributed by atoms with E-state index in [1.54, 1.807) is 0 Å². The van der Waals surface area contributed by atoms with Crippen LogP contribution in [0.1, 0.15) is 43.2 Å². The second-order valence-corrected chi connectivity index (χ2v) is 6.11. The first kappa shape index (κ1) is 14.3. The van der Waals surface area contributed by atoms with Crippen LogP contribution in [0, 0.1) is 5.92 Å². The van der Waals surface area contributed by atoms with Gasteiger partial charge in [-0.2, -0.15) is 0 Å².